The smallest absolute Gasteiger partial charge is 0.295 e. The molecular weight excluding hydrogens is 540 g/mol. The van der Waals surface area contributed by atoms with Gasteiger partial charge in [0.25, 0.3) is 11.7 Å². The van der Waals surface area contributed by atoms with Gasteiger partial charge in [0, 0.05) is 15.5 Å². The molecule has 0 saturated carbocycles. The largest absolute Gasteiger partial charge is 0.507 e. The monoisotopic (exact) mass is 564 g/mol. The number of phenols is 1. The number of aliphatic hydroxyl groups is 1. The van der Waals surface area contributed by atoms with E-state index in [1.807, 2.05) is 24.3 Å². The van der Waals surface area contributed by atoms with Crippen molar-refractivity contribution in [3.05, 3.63) is 68.1 Å². The first-order valence-corrected chi connectivity index (χ1v) is 12.1. The summed E-state index contributed by atoms with van der Waals surface area (Å²) in [7, 11) is 0. The van der Waals surface area contributed by atoms with Gasteiger partial charge in [0.2, 0.25) is 0 Å². The Balaban J connectivity index is 2.08. The average molecular weight is 566 g/mol. The van der Waals surface area contributed by atoms with Crippen molar-refractivity contribution in [2.45, 2.75) is 26.3 Å². The molecule has 1 amide bonds. The minimum absolute atomic E-state index is 0.0238. The Morgan fingerprint density at radius 1 is 1.06 bits per heavy atom. The second-order valence-corrected chi connectivity index (χ2v) is 9.42. The molecule has 0 bridgehead atoms. The van der Waals surface area contributed by atoms with Crippen molar-refractivity contribution in [3.8, 4) is 5.75 Å². The van der Waals surface area contributed by atoms with E-state index in [4.69, 9.17) is 0 Å². The van der Waals surface area contributed by atoms with E-state index >= 15 is 0 Å². The highest BCUT2D eigenvalue weighted by Crippen LogP contribution is 2.41. The molecule has 1 unspecified atom stereocenters. The normalized spacial score (nSPS) is 18.0. The molecule has 6 nitrogen and oxygen atoms in total. The Hall–Kier alpha value is -2.16. The summed E-state index contributed by atoms with van der Waals surface area (Å²) in [5, 5.41) is 21.4. The predicted molar refractivity (Wildman–Crippen MR) is 131 cm³/mol. The zero-order valence-electron chi connectivity index (χ0n) is 18.0. The van der Waals surface area contributed by atoms with Gasteiger partial charge in [0.1, 0.15) is 11.5 Å². The maximum atomic E-state index is 13.1. The standard InChI is InChI=1S/C24H26Br2N2O4/c1-3-27(4-2)11-6-12-28-21(15-7-5-8-16(25)13-15)20(23(31)24(28)32)22(30)18-14-17(26)9-10-19(18)29/h5,7-10,13-14,21,29-30H,3-4,6,11-12H2,1-2H3. The van der Waals surface area contributed by atoms with Gasteiger partial charge in [-0.25, -0.2) is 0 Å². The number of aliphatic hydroxyl groups excluding tert-OH is 1. The Labute approximate surface area is 204 Å². The lowest BCUT2D eigenvalue weighted by molar-refractivity contribution is -0.140. The van der Waals surface area contributed by atoms with Gasteiger partial charge in [-0.2, -0.15) is 0 Å². The summed E-state index contributed by atoms with van der Waals surface area (Å²) in [5.41, 5.74) is 0.780. The van der Waals surface area contributed by atoms with E-state index in [2.05, 4.69) is 50.6 Å². The fourth-order valence-corrected chi connectivity index (χ4v) is 4.76. The highest BCUT2D eigenvalue weighted by molar-refractivity contribution is 9.10. The van der Waals surface area contributed by atoms with Crippen LogP contribution >= 0.6 is 31.9 Å². The Morgan fingerprint density at radius 3 is 2.41 bits per heavy atom. The number of ketones is 1. The molecule has 1 aliphatic heterocycles. The number of hydrogen-bond acceptors (Lipinski definition) is 5. The molecule has 1 fully saturated rings. The number of nitrogens with zero attached hydrogens (tertiary/aromatic N) is 2. The number of carbonyl (C=O) groups excluding carboxylic acids is 2. The lowest BCUT2D eigenvalue weighted by Crippen LogP contribution is -2.33. The van der Waals surface area contributed by atoms with Gasteiger partial charge in [-0.05, 0) is 62.0 Å². The van der Waals surface area contributed by atoms with Crippen LogP contribution in [0, 0.1) is 0 Å². The third-order valence-corrected chi connectivity index (χ3v) is 6.67. The summed E-state index contributed by atoms with van der Waals surface area (Å²) in [4.78, 5) is 29.9. The third kappa shape index (κ3) is 5.08. The van der Waals surface area contributed by atoms with Gasteiger partial charge in [0.05, 0.1) is 17.2 Å². The first kappa shape index (κ1) is 24.5. The molecule has 0 radical (unpaired) electrons. The average Bonchev–Trinajstić information content (AvgIpc) is 3.03. The van der Waals surface area contributed by atoms with Gasteiger partial charge in [0.15, 0.2) is 0 Å². The molecule has 1 atom stereocenters. The molecule has 0 aliphatic carbocycles. The number of aromatic hydroxyl groups is 1. The van der Waals surface area contributed by atoms with Crippen LogP contribution in [0.2, 0.25) is 0 Å². The van der Waals surface area contributed by atoms with Crippen molar-refractivity contribution in [2.24, 2.45) is 0 Å². The van der Waals surface area contributed by atoms with Crippen LogP contribution in [0.4, 0.5) is 0 Å². The number of benzene rings is 2. The fourth-order valence-electron chi connectivity index (χ4n) is 3.98. The Bertz CT molecular complexity index is 1050. The van der Waals surface area contributed by atoms with Crippen LogP contribution in [0.25, 0.3) is 5.76 Å². The van der Waals surface area contributed by atoms with Crippen LogP contribution in [-0.4, -0.2) is 57.9 Å². The van der Waals surface area contributed by atoms with Crippen LogP contribution in [0.15, 0.2) is 57.0 Å². The highest BCUT2D eigenvalue weighted by Gasteiger charge is 2.46. The van der Waals surface area contributed by atoms with Crippen molar-refractivity contribution in [3.63, 3.8) is 0 Å². The molecule has 2 aromatic carbocycles. The van der Waals surface area contributed by atoms with Gasteiger partial charge in [-0.15, -0.1) is 0 Å². The van der Waals surface area contributed by atoms with Crippen LogP contribution in [0.1, 0.15) is 37.4 Å². The summed E-state index contributed by atoms with van der Waals surface area (Å²) >= 11 is 6.78. The van der Waals surface area contributed by atoms with Crippen molar-refractivity contribution in [2.75, 3.05) is 26.2 Å². The minimum atomic E-state index is -0.755. The highest BCUT2D eigenvalue weighted by atomic mass is 79.9. The van der Waals surface area contributed by atoms with E-state index in [-0.39, 0.29) is 16.9 Å². The Kier molecular flexibility index (Phi) is 8.14. The maximum Gasteiger partial charge on any atom is 0.295 e. The molecule has 2 N–H and O–H groups in total. The van der Waals surface area contributed by atoms with E-state index in [1.165, 1.54) is 17.0 Å². The number of Topliss-reactive ketones (excluding diaryl/α,β-unsaturated/α-hetero) is 1. The van der Waals surface area contributed by atoms with E-state index in [1.54, 1.807) is 6.07 Å². The minimum Gasteiger partial charge on any atom is -0.507 e. The van der Waals surface area contributed by atoms with Crippen LogP contribution < -0.4 is 0 Å². The SMILES string of the molecule is CCN(CC)CCCN1C(=O)C(=O)C(=C(O)c2cc(Br)ccc2O)C1c1cccc(Br)c1. The molecule has 8 heteroatoms. The summed E-state index contributed by atoms with van der Waals surface area (Å²) < 4.78 is 1.43. The summed E-state index contributed by atoms with van der Waals surface area (Å²) in [6.07, 6.45) is 0.696. The molecular formula is C24H26Br2N2O4. The zero-order valence-corrected chi connectivity index (χ0v) is 21.2. The molecule has 0 spiro atoms. The number of carbonyl (C=O) groups is 2. The van der Waals surface area contributed by atoms with Crippen LogP contribution in [-0.2, 0) is 9.59 Å². The van der Waals surface area contributed by atoms with Gasteiger partial charge in [-0.1, -0.05) is 57.8 Å². The maximum absolute atomic E-state index is 13.1. The number of rotatable bonds is 8. The lowest BCUT2D eigenvalue weighted by atomic mass is 9.95. The number of halogens is 2. The van der Waals surface area contributed by atoms with Gasteiger partial charge in [-0.3, -0.25) is 9.59 Å². The van der Waals surface area contributed by atoms with Crippen LogP contribution in [0.5, 0.6) is 5.75 Å². The Morgan fingerprint density at radius 2 is 1.75 bits per heavy atom. The van der Waals surface area contributed by atoms with Gasteiger partial charge >= 0.3 is 0 Å². The lowest BCUT2D eigenvalue weighted by Gasteiger charge is -2.27. The van der Waals surface area contributed by atoms with Crippen molar-refractivity contribution in [1.29, 1.82) is 0 Å². The quantitative estimate of drug-likeness (QED) is 0.265. The predicted octanol–water partition coefficient (Wildman–Crippen LogP) is 5.07. The first-order chi connectivity index (χ1) is 15.3. The summed E-state index contributed by atoms with van der Waals surface area (Å²) in [6, 6.07) is 11.2. The van der Waals surface area contributed by atoms with Gasteiger partial charge < -0.3 is 20.0 Å². The number of amides is 1. The topological polar surface area (TPSA) is 81.1 Å². The second-order valence-electron chi connectivity index (χ2n) is 7.59. The molecule has 170 valence electrons. The first-order valence-electron chi connectivity index (χ1n) is 10.5. The second kappa shape index (κ2) is 10.6. The summed E-state index contributed by atoms with van der Waals surface area (Å²) in [6.45, 7) is 7.16. The molecule has 3 rings (SSSR count). The zero-order chi connectivity index (χ0) is 23.4. The van der Waals surface area contributed by atoms with Crippen molar-refractivity contribution < 1.29 is 19.8 Å². The molecule has 1 aliphatic rings. The number of phenolic OH excluding ortho intramolecular Hbond substituents is 1. The molecule has 1 saturated heterocycles. The molecule has 0 aromatic heterocycles. The van der Waals surface area contributed by atoms with Crippen molar-refractivity contribution >= 4 is 49.3 Å². The molecule has 2 aromatic rings. The van der Waals surface area contributed by atoms with E-state index in [9.17, 15) is 19.8 Å². The van der Waals surface area contributed by atoms with E-state index < -0.39 is 23.5 Å². The number of likely N-dealkylation sites (tertiary alicyclic amines) is 1. The van der Waals surface area contributed by atoms with E-state index in [0.29, 0.717) is 23.0 Å². The summed E-state index contributed by atoms with van der Waals surface area (Å²) in [5.74, 6) is -1.97. The number of hydrogen-bond donors (Lipinski definition) is 2. The van der Waals surface area contributed by atoms with E-state index in [0.717, 1.165) is 24.1 Å². The fraction of sp³-hybridized carbons (Fsp3) is 0.333. The van der Waals surface area contributed by atoms with Crippen LogP contribution in [0.3, 0.4) is 0 Å². The molecule has 32 heavy (non-hydrogen) atoms. The van der Waals surface area contributed by atoms with Crippen molar-refractivity contribution in [1.82, 2.24) is 9.80 Å². The third-order valence-electron chi connectivity index (χ3n) is 5.69. The molecule has 1 heterocycles.